The summed E-state index contributed by atoms with van der Waals surface area (Å²) in [6.45, 7) is 27.3. The normalized spacial score (nSPS) is 11.8. The van der Waals surface area contributed by atoms with Crippen LogP contribution in [0.3, 0.4) is 0 Å². The van der Waals surface area contributed by atoms with E-state index in [1.807, 2.05) is 60.7 Å². The van der Waals surface area contributed by atoms with Crippen molar-refractivity contribution in [2.45, 2.75) is 130 Å². The van der Waals surface area contributed by atoms with Gasteiger partial charge in [0.15, 0.2) is 0 Å². The molecule has 0 saturated heterocycles. The van der Waals surface area contributed by atoms with Gasteiger partial charge in [0.25, 0.3) is 0 Å². The average Bonchev–Trinajstić information content (AvgIpc) is 4.22. The quantitative estimate of drug-likeness (QED) is 0.120. The first-order valence-electron chi connectivity index (χ1n) is 25.4. The van der Waals surface area contributed by atoms with Crippen LogP contribution in [0.5, 0.6) is 0 Å². The number of rotatable bonds is 2. The van der Waals surface area contributed by atoms with Crippen molar-refractivity contribution in [2.75, 3.05) is 0 Å². The van der Waals surface area contributed by atoms with Crippen molar-refractivity contribution < 1.29 is 74.8 Å². The Morgan fingerprint density at radius 2 is 0.700 bits per heavy atom. The van der Waals surface area contributed by atoms with Crippen molar-refractivity contribution in [3.05, 3.63) is 249 Å². The monoisotopic (exact) mass is 1320 g/mol. The van der Waals surface area contributed by atoms with Crippen LogP contribution in [0.1, 0.15) is 150 Å². The number of alkyl halides is 6. The second-order valence-corrected chi connectivity index (χ2v) is 24.3. The summed E-state index contributed by atoms with van der Waals surface area (Å²) in [4.78, 5) is 0. The Bertz CT molecular complexity index is 2790. The Hall–Kier alpha value is -3.73. The molecule has 424 valence electrons. The van der Waals surface area contributed by atoms with E-state index in [0.29, 0.717) is 24.2 Å². The third-order valence-corrected chi connectivity index (χ3v) is 14.5. The molecule has 8 aromatic rings. The molecular formula is C68H74Cl4F6Zr2. The first-order valence-corrected chi connectivity index (χ1v) is 28.4. The van der Waals surface area contributed by atoms with Gasteiger partial charge in [-0.1, -0.05) is 153 Å². The van der Waals surface area contributed by atoms with E-state index in [1.54, 1.807) is 0 Å². The van der Waals surface area contributed by atoms with Crippen LogP contribution in [-0.4, -0.2) is 7.42 Å². The van der Waals surface area contributed by atoms with Crippen LogP contribution >= 0.6 is 49.6 Å². The predicted molar refractivity (Wildman–Crippen MR) is 328 cm³/mol. The van der Waals surface area contributed by atoms with Gasteiger partial charge in [0, 0.05) is 0 Å². The number of benzene rings is 6. The fourth-order valence-electron chi connectivity index (χ4n) is 8.65. The summed E-state index contributed by atoms with van der Waals surface area (Å²) in [5.41, 5.74) is 15.2. The van der Waals surface area contributed by atoms with Gasteiger partial charge in [-0.3, -0.25) is 0 Å². The molecule has 0 aromatic heterocycles. The standard InChI is InChI=1S/2C21H25.C15H8F6.2C5H5.CH2.4ClH.2Zr/c2*1-20(2,3)16-9-7-14-11-15-8-10-17(21(4,5)6)13-19(15)18(14)12-16;16-14(17,18)12-7-3-1-5-10(12)9-11-6-2-4-8-13(11)15(19,20)21;2*1-2-4-5-3-1;;;;;;;/h2*7,9-10,12-13H,11H2,1-6H3;1-8H;2*1-5H;1H2;4*1H;;/q2*-1;;2*-1;;;;;;2*+2. The van der Waals surface area contributed by atoms with Crippen LogP contribution in [-0.2, 0) is 95.3 Å². The van der Waals surface area contributed by atoms with Crippen molar-refractivity contribution in [1.29, 1.82) is 0 Å². The zero-order valence-corrected chi connectivity index (χ0v) is 55.9. The summed E-state index contributed by atoms with van der Waals surface area (Å²) in [5, 5.41) is 0. The zero-order valence-electron chi connectivity index (χ0n) is 47.7. The van der Waals surface area contributed by atoms with Gasteiger partial charge in [0.05, 0.1) is 0 Å². The minimum absolute atomic E-state index is 0. The molecule has 0 heterocycles. The Balaban J connectivity index is 0.000000529. The molecular weight excluding hydrogens is 1250 g/mol. The van der Waals surface area contributed by atoms with Crippen LogP contribution in [0.25, 0.3) is 22.3 Å². The summed E-state index contributed by atoms with van der Waals surface area (Å²) in [5.74, 6) is 0. The molecule has 0 bridgehead atoms. The topological polar surface area (TPSA) is 0 Å². The molecule has 0 aliphatic heterocycles. The smallest absolute Gasteiger partial charge is 0.172 e. The molecule has 0 fully saturated rings. The van der Waals surface area contributed by atoms with E-state index in [4.69, 9.17) is 0 Å². The van der Waals surface area contributed by atoms with Crippen molar-refractivity contribution in [3.8, 4) is 22.3 Å². The van der Waals surface area contributed by atoms with Crippen molar-refractivity contribution in [1.82, 2.24) is 0 Å². The van der Waals surface area contributed by atoms with Crippen molar-refractivity contribution >= 4 is 57.0 Å². The number of hydrogen-bond donors (Lipinski definition) is 0. The van der Waals surface area contributed by atoms with E-state index in [-0.39, 0.29) is 85.6 Å². The Kier molecular flexibility index (Phi) is 29.0. The molecule has 0 amide bonds. The number of hydrogen-bond acceptors (Lipinski definition) is 0. The summed E-state index contributed by atoms with van der Waals surface area (Å²) < 4.78 is 81.6. The maximum absolute atomic E-state index is 13.0. The summed E-state index contributed by atoms with van der Waals surface area (Å²) in [6.07, 6.45) is -7.18. The van der Waals surface area contributed by atoms with E-state index in [1.165, 1.54) is 127 Å². The molecule has 12 heteroatoms. The van der Waals surface area contributed by atoms with Gasteiger partial charge in [-0.2, -0.15) is 95.1 Å². The second-order valence-electron chi connectivity index (χ2n) is 23.0. The molecule has 80 heavy (non-hydrogen) atoms. The van der Waals surface area contributed by atoms with Crippen molar-refractivity contribution in [2.24, 2.45) is 0 Å². The molecule has 0 nitrogen and oxygen atoms in total. The van der Waals surface area contributed by atoms with Gasteiger partial charge < -0.3 is 0 Å². The summed E-state index contributed by atoms with van der Waals surface area (Å²) in [7, 11) is 0. The van der Waals surface area contributed by atoms with E-state index < -0.39 is 23.5 Å². The van der Waals surface area contributed by atoms with Gasteiger partial charge in [-0.25, -0.2) is 24.3 Å². The molecule has 0 unspecified atom stereocenters. The summed E-state index contributed by atoms with van der Waals surface area (Å²) in [6, 6.07) is 59.5. The molecule has 10 rings (SSSR count). The van der Waals surface area contributed by atoms with Gasteiger partial charge in [0.2, 0.25) is 0 Å². The maximum atomic E-state index is 13.0. The van der Waals surface area contributed by atoms with Crippen LogP contribution in [0.4, 0.5) is 26.3 Å². The fourth-order valence-corrected chi connectivity index (χ4v) is 9.72. The maximum Gasteiger partial charge on any atom is -0.172 e. The summed E-state index contributed by atoms with van der Waals surface area (Å²) >= 11 is 1.77. The van der Waals surface area contributed by atoms with Crippen molar-refractivity contribution in [3.63, 3.8) is 0 Å². The molecule has 0 atom stereocenters. The van der Waals surface area contributed by atoms with Gasteiger partial charge in [-0.05, 0) is 34.8 Å². The minimum atomic E-state index is -4.62. The Morgan fingerprint density at radius 1 is 0.412 bits per heavy atom. The van der Waals surface area contributed by atoms with Crippen LogP contribution in [0.2, 0.25) is 0 Å². The molecule has 2 aliphatic rings. The third kappa shape index (κ3) is 20.3. The molecule has 0 N–H and O–H groups in total. The van der Waals surface area contributed by atoms with Crippen LogP contribution in [0, 0.1) is 12.1 Å². The molecule has 0 saturated carbocycles. The minimum Gasteiger partial charge on any atom is -0.214 e. The second kappa shape index (κ2) is 31.2. The number of halogens is 10. The molecule has 2 aliphatic carbocycles. The first kappa shape index (κ1) is 74.3. The van der Waals surface area contributed by atoms with Gasteiger partial charge >= 0.3 is 165 Å². The SMILES string of the molecule is CC(C)(C)c1c[c-]c2c(c1)-c1cc(C(C)(C)C)ccc1C2.CC(C)(C)c1c[c-]c2c(c1)-c1cc(C(C)(C)C)ccc1C2.Cl.Cl.Cl.Cl.FC(F)(F)c1ccccc1[C](=[Zr+2])c1ccccc1C(F)(F)F.[CH2]=[Zr+2].c1cc[cH-]c1.c1cc[cH-]c1. The molecule has 0 radical (unpaired) electrons. The Labute approximate surface area is 528 Å². The third-order valence-electron chi connectivity index (χ3n) is 13.2. The van der Waals surface area contributed by atoms with E-state index in [2.05, 4.69) is 160 Å². The molecule has 8 aromatic carbocycles. The number of fused-ring (bicyclic) bond motifs is 6. The zero-order chi connectivity index (χ0) is 56.4. The average molecular weight is 1330 g/mol. The van der Waals surface area contributed by atoms with Gasteiger partial charge in [-0.15, -0.1) is 60.8 Å². The Morgan fingerprint density at radius 3 is 0.963 bits per heavy atom. The van der Waals surface area contributed by atoms with E-state index >= 15 is 0 Å². The van der Waals surface area contributed by atoms with E-state index in [9.17, 15) is 26.3 Å². The largest absolute Gasteiger partial charge is 0.214 e. The van der Waals surface area contributed by atoms with Crippen LogP contribution in [0.15, 0.2) is 170 Å². The fraction of sp³-hybridized carbons (Fsp3) is 0.294. The first-order chi connectivity index (χ1) is 35.4. The predicted octanol–water partition coefficient (Wildman–Crippen LogP) is 20.6. The van der Waals surface area contributed by atoms with Crippen LogP contribution < -0.4 is 0 Å². The van der Waals surface area contributed by atoms with Gasteiger partial charge in [0.1, 0.15) is 0 Å². The molecule has 0 spiro atoms. The van der Waals surface area contributed by atoms with E-state index in [0.717, 1.165) is 25.0 Å².